The first-order valence-electron chi connectivity index (χ1n) is 10.2. The van der Waals surface area contributed by atoms with Gasteiger partial charge in [0, 0.05) is 0 Å². The summed E-state index contributed by atoms with van der Waals surface area (Å²) in [6.45, 7) is 4.60. The first-order valence-corrected chi connectivity index (χ1v) is 10.2. The number of carbonyl (C=O) groups is 1. The van der Waals surface area contributed by atoms with Crippen molar-refractivity contribution < 1.29 is 19.0 Å². The van der Waals surface area contributed by atoms with Crippen LogP contribution in [0.2, 0.25) is 0 Å². The second-order valence-electron chi connectivity index (χ2n) is 8.34. The first kappa shape index (κ1) is 16.8. The maximum Gasteiger partial charge on any atom is 0.311 e. The normalized spacial score (nSPS) is 44.2. The van der Waals surface area contributed by atoms with Crippen LogP contribution in [-0.4, -0.2) is 31.1 Å². The summed E-state index contributed by atoms with van der Waals surface area (Å²) in [6.07, 6.45) is 10.2. The van der Waals surface area contributed by atoms with Gasteiger partial charge >= 0.3 is 5.97 Å². The molecular weight excluding hydrogens is 304 g/mol. The van der Waals surface area contributed by atoms with Gasteiger partial charge in [-0.2, -0.15) is 0 Å². The van der Waals surface area contributed by atoms with Gasteiger partial charge in [0.1, 0.15) is 0 Å². The molecule has 1 saturated heterocycles. The summed E-state index contributed by atoms with van der Waals surface area (Å²) in [5, 5.41) is 0. The largest absolute Gasteiger partial charge is 0.438 e. The summed E-state index contributed by atoms with van der Waals surface area (Å²) in [6, 6.07) is 0. The molecule has 4 aliphatic rings. The van der Waals surface area contributed by atoms with Crippen LogP contribution in [0.15, 0.2) is 0 Å². The molecule has 0 spiro atoms. The van der Waals surface area contributed by atoms with Crippen LogP contribution in [0.25, 0.3) is 0 Å². The highest BCUT2D eigenvalue weighted by Gasteiger charge is 2.62. The zero-order chi connectivity index (χ0) is 16.7. The zero-order valence-corrected chi connectivity index (χ0v) is 15.1. The second-order valence-corrected chi connectivity index (χ2v) is 8.34. The average molecular weight is 336 g/mol. The van der Waals surface area contributed by atoms with Crippen molar-refractivity contribution in [1.82, 2.24) is 0 Å². The van der Waals surface area contributed by atoms with Gasteiger partial charge in [-0.05, 0) is 62.2 Å². The molecule has 7 atom stereocenters. The van der Waals surface area contributed by atoms with Crippen LogP contribution in [0.4, 0.5) is 0 Å². The van der Waals surface area contributed by atoms with E-state index in [1.54, 1.807) is 0 Å². The van der Waals surface area contributed by atoms with Gasteiger partial charge in [-0.3, -0.25) is 4.79 Å². The molecule has 0 N–H and O–H groups in total. The van der Waals surface area contributed by atoms with Crippen molar-refractivity contribution >= 4 is 5.97 Å². The van der Waals surface area contributed by atoms with Crippen LogP contribution in [0.1, 0.15) is 65.2 Å². The molecule has 4 fully saturated rings. The van der Waals surface area contributed by atoms with Gasteiger partial charge in [0.15, 0.2) is 6.79 Å². The minimum Gasteiger partial charge on any atom is -0.438 e. The Morgan fingerprint density at radius 3 is 2.46 bits per heavy atom. The molecular formula is C20H32O4. The minimum absolute atomic E-state index is 0.0197. The van der Waals surface area contributed by atoms with E-state index in [2.05, 4.69) is 13.8 Å². The smallest absolute Gasteiger partial charge is 0.311 e. The number of esters is 1. The maximum absolute atomic E-state index is 12.6. The highest BCUT2D eigenvalue weighted by Crippen LogP contribution is 2.62. The fourth-order valence-electron chi connectivity index (χ4n) is 6.29. The monoisotopic (exact) mass is 336 g/mol. The molecule has 1 heterocycles. The third kappa shape index (κ3) is 2.80. The lowest BCUT2D eigenvalue weighted by molar-refractivity contribution is -0.168. The standard InChI is InChI=1S/C20H32O4/c1-3-16-18-12-9-14(19(18)17(4-2)24-16)15(10-12)20(21)23-11-22-13-7-5-6-8-13/h12-19H,3-11H2,1-2H3. The first-order chi connectivity index (χ1) is 11.7. The van der Waals surface area contributed by atoms with Crippen molar-refractivity contribution in [2.45, 2.75) is 83.5 Å². The fourth-order valence-corrected chi connectivity index (χ4v) is 6.29. The zero-order valence-electron chi connectivity index (χ0n) is 15.1. The van der Waals surface area contributed by atoms with Crippen molar-refractivity contribution in [3.63, 3.8) is 0 Å². The number of fused-ring (bicyclic) bond motifs is 5. The number of hydrogen-bond donors (Lipinski definition) is 0. The molecule has 3 saturated carbocycles. The number of ether oxygens (including phenoxy) is 3. The molecule has 4 rings (SSSR count). The maximum atomic E-state index is 12.6. The molecule has 4 heteroatoms. The third-order valence-corrected chi connectivity index (χ3v) is 7.25. The number of rotatable bonds is 6. The van der Waals surface area contributed by atoms with E-state index in [9.17, 15) is 4.79 Å². The molecule has 2 bridgehead atoms. The van der Waals surface area contributed by atoms with E-state index >= 15 is 0 Å². The Morgan fingerprint density at radius 1 is 1.04 bits per heavy atom. The summed E-state index contributed by atoms with van der Waals surface area (Å²) in [5.74, 6) is 2.46. The van der Waals surface area contributed by atoms with Gasteiger partial charge in [-0.25, -0.2) is 0 Å². The van der Waals surface area contributed by atoms with Gasteiger partial charge in [0.25, 0.3) is 0 Å². The molecule has 0 amide bonds. The molecule has 7 unspecified atom stereocenters. The molecule has 0 aromatic carbocycles. The van der Waals surface area contributed by atoms with E-state index in [1.165, 1.54) is 19.3 Å². The molecule has 4 nitrogen and oxygen atoms in total. The Kier molecular flexibility index (Phi) is 4.88. The lowest BCUT2D eigenvalue weighted by Gasteiger charge is -2.32. The predicted molar refractivity (Wildman–Crippen MR) is 90.2 cm³/mol. The van der Waals surface area contributed by atoms with Gasteiger partial charge in [-0.15, -0.1) is 0 Å². The molecule has 0 aromatic rings. The quantitative estimate of drug-likeness (QED) is 0.545. The highest BCUT2D eigenvalue weighted by atomic mass is 16.7. The summed E-state index contributed by atoms with van der Waals surface area (Å²) < 4.78 is 17.5. The van der Waals surface area contributed by atoms with Crippen LogP contribution in [-0.2, 0) is 19.0 Å². The van der Waals surface area contributed by atoms with E-state index in [0.717, 1.165) is 32.1 Å². The highest BCUT2D eigenvalue weighted by molar-refractivity contribution is 5.73. The summed E-state index contributed by atoms with van der Waals surface area (Å²) in [5.41, 5.74) is 0. The van der Waals surface area contributed by atoms with Gasteiger partial charge in [0.05, 0.1) is 24.2 Å². The molecule has 24 heavy (non-hydrogen) atoms. The van der Waals surface area contributed by atoms with E-state index in [4.69, 9.17) is 14.2 Å². The Balaban J connectivity index is 1.34. The van der Waals surface area contributed by atoms with Crippen molar-refractivity contribution in [2.24, 2.45) is 29.6 Å². The Bertz CT molecular complexity index is 459. The molecule has 0 aromatic heterocycles. The lowest BCUT2D eigenvalue weighted by Crippen LogP contribution is -2.36. The number of carbonyl (C=O) groups excluding carboxylic acids is 1. The fraction of sp³-hybridized carbons (Fsp3) is 0.950. The van der Waals surface area contributed by atoms with Gasteiger partial charge in [-0.1, -0.05) is 26.7 Å². The van der Waals surface area contributed by atoms with Crippen LogP contribution >= 0.6 is 0 Å². The summed E-state index contributed by atoms with van der Waals surface area (Å²) in [7, 11) is 0. The Labute approximate surface area is 145 Å². The van der Waals surface area contributed by atoms with Crippen molar-refractivity contribution in [3.8, 4) is 0 Å². The van der Waals surface area contributed by atoms with Crippen molar-refractivity contribution in [3.05, 3.63) is 0 Å². The topological polar surface area (TPSA) is 44.8 Å². The van der Waals surface area contributed by atoms with E-state index in [1.807, 2.05) is 0 Å². The molecule has 136 valence electrons. The van der Waals surface area contributed by atoms with Crippen LogP contribution in [0, 0.1) is 29.6 Å². The Hall–Kier alpha value is -0.610. The SMILES string of the molecule is CCC1OC(CC)C2C3CC(CC3C(=O)OCOC3CCCC3)C12. The van der Waals surface area contributed by atoms with E-state index in [0.29, 0.717) is 42.0 Å². The molecule has 1 aliphatic heterocycles. The summed E-state index contributed by atoms with van der Waals surface area (Å²) >= 11 is 0. The van der Waals surface area contributed by atoms with Crippen LogP contribution in [0.3, 0.4) is 0 Å². The Morgan fingerprint density at radius 2 is 1.75 bits per heavy atom. The second kappa shape index (κ2) is 6.95. The number of hydrogen-bond acceptors (Lipinski definition) is 4. The van der Waals surface area contributed by atoms with Gasteiger partial charge in [0.2, 0.25) is 0 Å². The van der Waals surface area contributed by atoms with Crippen molar-refractivity contribution in [1.29, 1.82) is 0 Å². The van der Waals surface area contributed by atoms with E-state index in [-0.39, 0.29) is 18.7 Å². The minimum atomic E-state index is -0.0197. The van der Waals surface area contributed by atoms with Crippen molar-refractivity contribution in [2.75, 3.05) is 6.79 Å². The van der Waals surface area contributed by atoms with Crippen LogP contribution < -0.4 is 0 Å². The predicted octanol–water partition coefficient (Wildman–Crippen LogP) is 3.92. The van der Waals surface area contributed by atoms with Gasteiger partial charge < -0.3 is 14.2 Å². The average Bonchev–Trinajstić information content (AvgIpc) is 3.35. The molecule has 0 radical (unpaired) electrons. The third-order valence-electron chi connectivity index (χ3n) is 7.25. The van der Waals surface area contributed by atoms with Crippen LogP contribution in [0.5, 0.6) is 0 Å². The van der Waals surface area contributed by atoms with E-state index < -0.39 is 0 Å². The molecule has 3 aliphatic carbocycles. The summed E-state index contributed by atoms with van der Waals surface area (Å²) in [4.78, 5) is 12.6. The lowest BCUT2D eigenvalue weighted by atomic mass is 9.70.